The number of hydrogen-bond acceptors (Lipinski definition) is 6. The SMILES string of the molecule is CCCCCCCCCCCCCCCCCCCC(=O)OC[C@@H](COC(=O)CCCCCCCCCCCCCCCCCCCCC(C)CC)OC(=O)CCCCCCCCCCCCCCCCCC(C)C. The van der Waals surface area contributed by atoms with Gasteiger partial charge in [-0.25, -0.2) is 0 Å². The van der Waals surface area contributed by atoms with Crippen molar-refractivity contribution in [1.82, 2.24) is 0 Å². The van der Waals surface area contributed by atoms with Crippen molar-refractivity contribution >= 4 is 17.9 Å². The molecule has 75 heavy (non-hydrogen) atoms. The molecule has 0 aromatic rings. The van der Waals surface area contributed by atoms with Crippen molar-refractivity contribution in [3.8, 4) is 0 Å². The van der Waals surface area contributed by atoms with Crippen LogP contribution in [0.2, 0.25) is 0 Å². The van der Waals surface area contributed by atoms with Crippen LogP contribution in [0.4, 0.5) is 0 Å². The maximum absolute atomic E-state index is 12.9. The standard InChI is InChI=1S/C69H134O6/c1-6-8-9-10-11-12-13-14-15-18-24-29-34-39-44-49-54-59-67(70)73-62-66(75-69(72)61-56-51-46-41-36-31-26-21-22-27-32-37-42-47-52-57-64(3)4)63-74-68(71)60-55-50-45-40-35-30-25-20-17-16-19-23-28-33-38-43-48-53-58-65(5)7-2/h64-66H,6-63H2,1-5H3/t65?,66-/m0/s1. The average Bonchev–Trinajstić information content (AvgIpc) is 3.40. The Balaban J connectivity index is 4.27. The van der Waals surface area contributed by atoms with Crippen molar-refractivity contribution in [2.24, 2.45) is 11.8 Å². The van der Waals surface area contributed by atoms with E-state index in [2.05, 4.69) is 34.6 Å². The zero-order chi connectivity index (χ0) is 54.6. The number of ether oxygens (including phenoxy) is 3. The minimum absolute atomic E-state index is 0.0613. The molecular weight excluding hydrogens is 925 g/mol. The van der Waals surface area contributed by atoms with E-state index >= 15 is 0 Å². The molecule has 0 N–H and O–H groups in total. The molecule has 6 heteroatoms. The molecule has 0 saturated carbocycles. The van der Waals surface area contributed by atoms with Gasteiger partial charge in [0.1, 0.15) is 13.2 Å². The molecule has 6 nitrogen and oxygen atoms in total. The van der Waals surface area contributed by atoms with Gasteiger partial charge in [-0.3, -0.25) is 14.4 Å². The van der Waals surface area contributed by atoms with Gasteiger partial charge in [0.25, 0.3) is 0 Å². The highest BCUT2D eigenvalue weighted by atomic mass is 16.6. The van der Waals surface area contributed by atoms with Crippen LogP contribution in [0.5, 0.6) is 0 Å². The lowest BCUT2D eigenvalue weighted by Crippen LogP contribution is -2.30. The van der Waals surface area contributed by atoms with Crippen LogP contribution in [-0.4, -0.2) is 37.2 Å². The predicted octanol–water partition coefficient (Wildman–Crippen LogP) is 23.2. The Morgan fingerprint density at radius 1 is 0.280 bits per heavy atom. The Kier molecular flexibility index (Phi) is 60.3. The minimum Gasteiger partial charge on any atom is -0.462 e. The first-order chi connectivity index (χ1) is 36.8. The van der Waals surface area contributed by atoms with Crippen LogP contribution in [0.1, 0.15) is 394 Å². The molecule has 446 valence electrons. The lowest BCUT2D eigenvalue weighted by atomic mass is 9.99. The molecule has 0 aliphatic heterocycles. The number of hydrogen-bond donors (Lipinski definition) is 0. The van der Waals surface area contributed by atoms with Gasteiger partial charge in [-0.2, -0.15) is 0 Å². The van der Waals surface area contributed by atoms with E-state index in [0.29, 0.717) is 19.3 Å². The van der Waals surface area contributed by atoms with E-state index in [0.717, 1.165) is 69.6 Å². The predicted molar refractivity (Wildman–Crippen MR) is 326 cm³/mol. The van der Waals surface area contributed by atoms with Crippen LogP contribution in [0, 0.1) is 11.8 Å². The first-order valence-corrected chi connectivity index (χ1v) is 34.3. The summed E-state index contributed by atoms with van der Waals surface area (Å²) in [7, 11) is 0. The maximum atomic E-state index is 12.9. The number of esters is 3. The molecule has 0 rings (SSSR count). The summed E-state index contributed by atoms with van der Waals surface area (Å²) in [5, 5.41) is 0. The van der Waals surface area contributed by atoms with Crippen LogP contribution < -0.4 is 0 Å². The second-order valence-electron chi connectivity index (χ2n) is 24.5. The third kappa shape index (κ3) is 61.5. The molecule has 0 aliphatic carbocycles. The van der Waals surface area contributed by atoms with Gasteiger partial charge in [0, 0.05) is 19.3 Å². The fourth-order valence-corrected chi connectivity index (χ4v) is 10.8. The van der Waals surface area contributed by atoms with E-state index < -0.39 is 6.10 Å². The number of carbonyl (C=O) groups excluding carboxylic acids is 3. The summed E-state index contributed by atoms with van der Waals surface area (Å²) in [4.78, 5) is 38.4. The summed E-state index contributed by atoms with van der Waals surface area (Å²) in [6.45, 7) is 11.5. The van der Waals surface area contributed by atoms with E-state index in [4.69, 9.17) is 14.2 Å². The van der Waals surface area contributed by atoms with E-state index in [-0.39, 0.29) is 31.1 Å². The summed E-state index contributed by atoms with van der Waals surface area (Å²) < 4.78 is 17.0. The second-order valence-corrected chi connectivity index (χ2v) is 24.5. The molecule has 0 radical (unpaired) electrons. The summed E-state index contributed by atoms with van der Waals surface area (Å²) in [5.41, 5.74) is 0. The summed E-state index contributed by atoms with van der Waals surface area (Å²) >= 11 is 0. The lowest BCUT2D eigenvalue weighted by molar-refractivity contribution is -0.167. The van der Waals surface area contributed by atoms with Crippen LogP contribution in [0.15, 0.2) is 0 Å². The highest BCUT2D eigenvalue weighted by Crippen LogP contribution is 2.20. The van der Waals surface area contributed by atoms with E-state index in [1.165, 1.54) is 283 Å². The average molecular weight is 1060 g/mol. The molecular formula is C69H134O6. The zero-order valence-electron chi connectivity index (χ0n) is 51.7. The summed E-state index contributed by atoms with van der Waals surface area (Å²) in [6, 6.07) is 0. The van der Waals surface area contributed by atoms with E-state index in [9.17, 15) is 14.4 Å². The largest absolute Gasteiger partial charge is 0.462 e. The second kappa shape index (κ2) is 61.6. The molecule has 0 amide bonds. The number of rotatable bonds is 63. The van der Waals surface area contributed by atoms with Gasteiger partial charge in [-0.1, -0.05) is 356 Å². The topological polar surface area (TPSA) is 78.9 Å². The number of carbonyl (C=O) groups is 3. The monoisotopic (exact) mass is 1060 g/mol. The Morgan fingerprint density at radius 3 is 0.760 bits per heavy atom. The Labute approximate surface area is 469 Å². The fourth-order valence-electron chi connectivity index (χ4n) is 10.8. The van der Waals surface area contributed by atoms with E-state index in [1.807, 2.05) is 0 Å². The molecule has 0 fully saturated rings. The number of unbranched alkanes of at least 4 members (excludes halogenated alkanes) is 47. The van der Waals surface area contributed by atoms with Crippen molar-refractivity contribution in [1.29, 1.82) is 0 Å². The Bertz CT molecular complexity index is 1150. The molecule has 0 aromatic carbocycles. The Hall–Kier alpha value is -1.59. The van der Waals surface area contributed by atoms with Crippen LogP contribution in [0.3, 0.4) is 0 Å². The van der Waals surface area contributed by atoms with Gasteiger partial charge in [0.15, 0.2) is 6.10 Å². The van der Waals surface area contributed by atoms with Crippen molar-refractivity contribution < 1.29 is 28.6 Å². The first-order valence-electron chi connectivity index (χ1n) is 34.3. The summed E-state index contributed by atoms with van der Waals surface area (Å²) in [5.74, 6) is 0.932. The van der Waals surface area contributed by atoms with Crippen LogP contribution in [-0.2, 0) is 28.6 Å². The highest BCUT2D eigenvalue weighted by molar-refractivity contribution is 5.71. The lowest BCUT2D eigenvalue weighted by Gasteiger charge is -2.18. The first kappa shape index (κ1) is 73.4. The zero-order valence-corrected chi connectivity index (χ0v) is 51.7. The molecule has 0 saturated heterocycles. The summed E-state index contributed by atoms with van der Waals surface area (Å²) in [6.07, 6.45) is 69.6. The molecule has 0 heterocycles. The molecule has 0 spiro atoms. The van der Waals surface area contributed by atoms with E-state index in [1.54, 1.807) is 0 Å². The van der Waals surface area contributed by atoms with Gasteiger partial charge in [0.05, 0.1) is 0 Å². The Morgan fingerprint density at radius 2 is 0.507 bits per heavy atom. The van der Waals surface area contributed by atoms with Gasteiger partial charge >= 0.3 is 17.9 Å². The molecule has 0 bridgehead atoms. The molecule has 1 unspecified atom stereocenters. The minimum atomic E-state index is -0.764. The molecule has 0 aliphatic rings. The van der Waals surface area contributed by atoms with Gasteiger partial charge < -0.3 is 14.2 Å². The van der Waals surface area contributed by atoms with Crippen molar-refractivity contribution in [3.05, 3.63) is 0 Å². The smallest absolute Gasteiger partial charge is 0.306 e. The molecule has 0 aromatic heterocycles. The third-order valence-electron chi connectivity index (χ3n) is 16.3. The highest BCUT2D eigenvalue weighted by Gasteiger charge is 2.20. The van der Waals surface area contributed by atoms with Crippen molar-refractivity contribution in [2.75, 3.05) is 13.2 Å². The maximum Gasteiger partial charge on any atom is 0.306 e. The van der Waals surface area contributed by atoms with Crippen molar-refractivity contribution in [3.63, 3.8) is 0 Å². The fraction of sp³-hybridized carbons (Fsp3) is 0.957. The van der Waals surface area contributed by atoms with Gasteiger partial charge in [-0.15, -0.1) is 0 Å². The van der Waals surface area contributed by atoms with Crippen LogP contribution >= 0.6 is 0 Å². The van der Waals surface area contributed by atoms with Gasteiger partial charge in [0.2, 0.25) is 0 Å². The molecule has 2 atom stereocenters. The van der Waals surface area contributed by atoms with Gasteiger partial charge in [-0.05, 0) is 31.1 Å². The quantitative estimate of drug-likeness (QED) is 0.0343. The normalized spacial score (nSPS) is 12.4. The van der Waals surface area contributed by atoms with Crippen LogP contribution in [0.25, 0.3) is 0 Å². The van der Waals surface area contributed by atoms with Crippen molar-refractivity contribution in [2.45, 2.75) is 400 Å². The third-order valence-corrected chi connectivity index (χ3v) is 16.3.